The Bertz CT molecular complexity index is 918. The Morgan fingerprint density at radius 3 is 2.92 bits per heavy atom. The Labute approximate surface area is 140 Å². The van der Waals surface area contributed by atoms with Crippen molar-refractivity contribution < 1.29 is 9.90 Å². The van der Waals surface area contributed by atoms with Crippen LogP contribution in [0.4, 0.5) is 0 Å². The minimum atomic E-state index is -0.972. The molecule has 1 saturated heterocycles. The number of aryl methyl sites for hydroxylation is 1. The van der Waals surface area contributed by atoms with Crippen molar-refractivity contribution in [3.05, 3.63) is 71.7 Å². The molecule has 0 radical (unpaired) electrons. The fourth-order valence-electron chi connectivity index (χ4n) is 3.51. The van der Waals surface area contributed by atoms with Gasteiger partial charge in [-0.05, 0) is 36.6 Å². The van der Waals surface area contributed by atoms with Crippen molar-refractivity contribution in [2.24, 2.45) is 0 Å². The number of amides is 1. The molecule has 5 heteroatoms. The fraction of sp³-hybridized carbons (Fsp3) is 0.263. The Hall–Kier alpha value is -2.66. The summed E-state index contributed by atoms with van der Waals surface area (Å²) in [5.74, 6) is -0.0601. The van der Waals surface area contributed by atoms with E-state index in [9.17, 15) is 9.90 Å². The lowest BCUT2D eigenvalue weighted by molar-refractivity contribution is 0.0412. The molecule has 4 rings (SSSR count). The third-order valence-electron chi connectivity index (χ3n) is 4.82. The van der Waals surface area contributed by atoms with Crippen LogP contribution in [0.3, 0.4) is 0 Å². The highest BCUT2D eigenvalue weighted by molar-refractivity contribution is 5.94. The first-order chi connectivity index (χ1) is 11.6. The van der Waals surface area contributed by atoms with Gasteiger partial charge in [0.15, 0.2) is 0 Å². The molecule has 3 heterocycles. The van der Waals surface area contributed by atoms with Crippen LogP contribution in [0.1, 0.15) is 27.9 Å². The highest BCUT2D eigenvalue weighted by atomic mass is 16.3. The molecule has 3 aromatic rings. The highest BCUT2D eigenvalue weighted by Crippen LogP contribution is 2.34. The van der Waals surface area contributed by atoms with Gasteiger partial charge in [-0.15, -0.1) is 0 Å². The van der Waals surface area contributed by atoms with Gasteiger partial charge in [0.25, 0.3) is 5.91 Å². The molecule has 1 aliphatic heterocycles. The average molecular weight is 321 g/mol. The van der Waals surface area contributed by atoms with Crippen LogP contribution in [0.25, 0.3) is 5.65 Å². The third-order valence-corrected chi connectivity index (χ3v) is 4.82. The van der Waals surface area contributed by atoms with E-state index in [1.807, 2.05) is 47.9 Å². The van der Waals surface area contributed by atoms with Crippen LogP contribution in [-0.2, 0) is 5.60 Å². The molecule has 0 aliphatic carbocycles. The number of imidazole rings is 1. The summed E-state index contributed by atoms with van der Waals surface area (Å²) in [6.45, 7) is 2.86. The molecule has 1 atom stereocenters. The maximum Gasteiger partial charge on any atom is 0.255 e. The van der Waals surface area contributed by atoms with E-state index in [2.05, 4.69) is 4.98 Å². The van der Waals surface area contributed by atoms with E-state index in [-0.39, 0.29) is 5.91 Å². The van der Waals surface area contributed by atoms with Crippen molar-refractivity contribution in [1.29, 1.82) is 0 Å². The maximum absolute atomic E-state index is 12.8. The second-order valence-electron chi connectivity index (χ2n) is 6.43. The minimum Gasteiger partial charge on any atom is -0.383 e. The zero-order chi connectivity index (χ0) is 16.7. The van der Waals surface area contributed by atoms with E-state index < -0.39 is 5.60 Å². The van der Waals surface area contributed by atoms with Crippen molar-refractivity contribution in [2.75, 3.05) is 13.1 Å². The molecule has 0 bridgehead atoms. The van der Waals surface area contributed by atoms with E-state index in [4.69, 9.17) is 0 Å². The first-order valence-electron chi connectivity index (χ1n) is 8.07. The van der Waals surface area contributed by atoms with Crippen molar-refractivity contribution in [3.8, 4) is 0 Å². The number of β-amino-alcohol motifs (C(OH)–C–C–N with tert-alkyl or cyclic N) is 1. The second kappa shape index (κ2) is 5.46. The number of aliphatic hydroxyl groups is 1. The number of hydrogen-bond donors (Lipinski definition) is 1. The van der Waals surface area contributed by atoms with E-state index in [1.54, 1.807) is 23.4 Å². The Balaban J connectivity index is 1.60. The van der Waals surface area contributed by atoms with Crippen LogP contribution in [0, 0.1) is 6.92 Å². The number of pyridine rings is 1. The predicted molar refractivity (Wildman–Crippen MR) is 90.8 cm³/mol. The average Bonchev–Trinajstić information content (AvgIpc) is 3.21. The minimum absolute atomic E-state index is 0.0601. The van der Waals surface area contributed by atoms with Gasteiger partial charge in [0.1, 0.15) is 11.2 Å². The topological polar surface area (TPSA) is 57.8 Å². The summed E-state index contributed by atoms with van der Waals surface area (Å²) in [4.78, 5) is 18.7. The summed E-state index contributed by atoms with van der Waals surface area (Å²) < 4.78 is 1.83. The maximum atomic E-state index is 12.8. The van der Waals surface area contributed by atoms with Crippen molar-refractivity contribution in [3.63, 3.8) is 0 Å². The molecule has 0 spiro atoms. The van der Waals surface area contributed by atoms with Gasteiger partial charge in [-0.3, -0.25) is 4.79 Å². The van der Waals surface area contributed by atoms with Crippen molar-refractivity contribution in [1.82, 2.24) is 14.3 Å². The summed E-state index contributed by atoms with van der Waals surface area (Å²) >= 11 is 0. The summed E-state index contributed by atoms with van der Waals surface area (Å²) in [7, 11) is 0. The van der Waals surface area contributed by atoms with Crippen LogP contribution >= 0.6 is 0 Å². The standard InChI is InChI=1S/C19H19N3O2/c1-14-4-2-3-5-16(14)19(24)8-10-22(13-19)18(23)15-6-7-17-20-9-11-21(17)12-15/h2-7,9,11-12,24H,8,10,13H2,1H3. The van der Waals surface area contributed by atoms with E-state index in [1.165, 1.54) is 0 Å². The molecule has 1 aromatic carbocycles. The Morgan fingerprint density at radius 2 is 2.08 bits per heavy atom. The molecule has 0 saturated carbocycles. The molecular formula is C19H19N3O2. The Kier molecular flexibility index (Phi) is 3.39. The van der Waals surface area contributed by atoms with Crippen molar-refractivity contribution in [2.45, 2.75) is 18.9 Å². The molecular weight excluding hydrogens is 302 g/mol. The van der Waals surface area contributed by atoms with Crippen LogP contribution < -0.4 is 0 Å². The molecule has 5 nitrogen and oxygen atoms in total. The quantitative estimate of drug-likeness (QED) is 0.788. The van der Waals surface area contributed by atoms with Crippen LogP contribution in [0.2, 0.25) is 0 Å². The summed E-state index contributed by atoms with van der Waals surface area (Å²) in [5.41, 5.74) is 2.40. The predicted octanol–water partition coefficient (Wildman–Crippen LogP) is 2.38. The SMILES string of the molecule is Cc1ccccc1C1(O)CCN(C(=O)c2ccc3nccn3c2)C1. The largest absolute Gasteiger partial charge is 0.383 e. The lowest BCUT2D eigenvalue weighted by Crippen LogP contribution is -2.34. The second-order valence-corrected chi connectivity index (χ2v) is 6.43. The number of nitrogens with zero attached hydrogens (tertiary/aromatic N) is 3. The summed E-state index contributed by atoms with van der Waals surface area (Å²) in [6, 6.07) is 11.4. The third kappa shape index (κ3) is 2.37. The van der Waals surface area contributed by atoms with Gasteiger partial charge >= 0.3 is 0 Å². The van der Waals surface area contributed by atoms with E-state index >= 15 is 0 Å². The normalized spacial score (nSPS) is 20.7. The summed E-state index contributed by atoms with van der Waals surface area (Å²) in [6.07, 6.45) is 5.86. The number of carbonyl (C=O) groups excluding carboxylic acids is 1. The number of fused-ring (bicyclic) bond motifs is 1. The van der Waals surface area contributed by atoms with Gasteiger partial charge in [-0.2, -0.15) is 0 Å². The number of aromatic nitrogens is 2. The monoisotopic (exact) mass is 321 g/mol. The molecule has 1 N–H and O–H groups in total. The van der Waals surface area contributed by atoms with Gasteiger partial charge in [-0.1, -0.05) is 24.3 Å². The first-order valence-corrected chi connectivity index (χ1v) is 8.07. The number of carbonyl (C=O) groups is 1. The molecule has 1 aliphatic rings. The van der Waals surface area contributed by atoms with Gasteiger partial charge in [0, 0.05) is 25.1 Å². The Morgan fingerprint density at radius 1 is 1.25 bits per heavy atom. The molecule has 24 heavy (non-hydrogen) atoms. The summed E-state index contributed by atoms with van der Waals surface area (Å²) in [5, 5.41) is 11.0. The van der Waals surface area contributed by atoms with Gasteiger partial charge in [0.05, 0.1) is 12.1 Å². The van der Waals surface area contributed by atoms with Gasteiger partial charge in [-0.25, -0.2) is 4.98 Å². The molecule has 1 amide bonds. The lowest BCUT2D eigenvalue weighted by Gasteiger charge is -2.25. The molecule has 2 aromatic heterocycles. The smallest absolute Gasteiger partial charge is 0.255 e. The molecule has 1 unspecified atom stereocenters. The first kappa shape index (κ1) is 14.9. The van der Waals surface area contributed by atoms with E-state index in [0.717, 1.165) is 16.8 Å². The van der Waals surface area contributed by atoms with Crippen LogP contribution in [0.5, 0.6) is 0 Å². The van der Waals surface area contributed by atoms with Crippen molar-refractivity contribution >= 4 is 11.6 Å². The molecule has 1 fully saturated rings. The van der Waals surface area contributed by atoms with Gasteiger partial charge < -0.3 is 14.4 Å². The van der Waals surface area contributed by atoms with Gasteiger partial charge in [0.2, 0.25) is 0 Å². The number of likely N-dealkylation sites (tertiary alicyclic amines) is 1. The van der Waals surface area contributed by atoms with Crippen LogP contribution in [0.15, 0.2) is 55.0 Å². The zero-order valence-corrected chi connectivity index (χ0v) is 13.5. The highest BCUT2D eigenvalue weighted by Gasteiger charge is 2.40. The van der Waals surface area contributed by atoms with E-state index in [0.29, 0.717) is 25.1 Å². The lowest BCUT2D eigenvalue weighted by atomic mass is 9.89. The number of benzene rings is 1. The number of rotatable bonds is 2. The fourth-order valence-corrected chi connectivity index (χ4v) is 3.51. The molecule has 122 valence electrons. The van der Waals surface area contributed by atoms with Crippen LogP contribution in [-0.4, -0.2) is 38.4 Å². The zero-order valence-electron chi connectivity index (χ0n) is 13.5. The number of hydrogen-bond acceptors (Lipinski definition) is 3.